The number of nitrogens with zero attached hydrogens (tertiary/aromatic N) is 2. The van der Waals surface area contributed by atoms with Crippen LogP contribution in [0.5, 0.6) is 0 Å². The minimum Gasteiger partial charge on any atom is -0.367 e. The van der Waals surface area contributed by atoms with Crippen LogP contribution in [-0.4, -0.2) is 15.9 Å². The predicted molar refractivity (Wildman–Crippen MR) is 72.8 cm³/mol. The van der Waals surface area contributed by atoms with E-state index in [0.717, 1.165) is 24.2 Å². The first-order valence-corrected chi connectivity index (χ1v) is 6.31. The maximum absolute atomic E-state index is 10.6. The Hall–Kier alpha value is -1.65. The normalized spacial score (nSPS) is 14.0. The van der Waals surface area contributed by atoms with Gasteiger partial charge in [0.15, 0.2) is 0 Å². The topological polar surface area (TPSA) is 68.1 Å². The largest absolute Gasteiger partial charge is 0.367 e. The van der Waals surface area contributed by atoms with E-state index in [1.807, 2.05) is 6.92 Å². The van der Waals surface area contributed by atoms with Gasteiger partial charge in [0.2, 0.25) is 0 Å². The van der Waals surface area contributed by atoms with Gasteiger partial charge in [-0.25, -0.2) is 4.98 Å². The zero-order chi connectivity index (χ0) is 13.7. The van der Waals surface area contributed by atoms with E-state index in [1.54, 1.807) is 6.07 Å². The fourth-order valence-corrected chi connectivity index (χ4v) is 1.87. The predicted octanol–water partition coefficient (Wildman–Crippen LogP) is 3.53. The fraction of sp³-hybridized carbons (Fsp3) is 0.615. The van der Waals surface area contributed by atoms with E-state index in [0.29, 0.717) is 12.0 Å². The van der Waals surface area contributed by atoms with E-state index in [2.05, 4.69) is 31.1 Å². The third-order valence-corrected chi connectivity index (χ3v) is 3.11. The molecule has 0 saturated heterocycles. The average molecular weight is 251 g/mol. The van der Waals surface area contributed by atoms with Gasteiger partial charge in [-0.15, -0.1) is 0 Å². The van der Waals surface area contributed by atoms with Crippen molar-refractivity contribution >= 4 is 11.5 Å². The van der Waals surface area contributed by atoms with Gasteiger partial charge in [0, 0.05) is 12.1 Å². The summed E-state index contributed by atoms with van der Waals surface area (Å²) in [4.78, 5) is 14.3. The molecule has 0 aliphatic carbocycles. The number of hydrogen-bond donors (Lipinski definition) is 1. The second-order valence-corrected chi connectivity index (χ2v) is 4.91. The van der Waals surface area contributed by atoms with Gasteiger partial charge in [-0.1, -0.05) is 20.3 Å². The monoisotopic (exact) mass is 251 g/mol. The Bertz CT molecular complexity index is 421. The van der Waals surface area contributed by atoms with Crippen molar-refractivity contribution < 1.29 is 4.92 Å². The fourth-order valence-electron chi connectivity index (χ4n) is 1.87. The summed E-state index contributed by atoms with van der Waals surface area (Å²) in [6.07, 6.45) is 3.51. The SMILES string of the molecule is CCC(C)CC(C)Nc1ncc([N+](=O)[O-])cc1C. The van der Waals surface area contributed by atoms with Gasteiger partial charge < -0.3 is 5.32 Å². The van der Waals surface area contributed by atoms with Crippen LogP contribution in [0.15, 0.2) is 12.3 Å². The van der Waals surface area contributed by atoms with Crippen molar-refractivity contribution in [3.63, 3.8) is 0 Å². The molecular weight excluding hydrogens is 230 g/mol. The summed E-state index contributed by atoms with van der Waals surface area (Å²) in [5.74, 6) is 1.39. The van der Waals surface area contributed by atoms with Crippen LogP contribution in [0.2, 0.25) is 0 Å². The number of hydrogen-bond acceptors (Lipinski definition) is 4. The quantitative estimate of drug-likeness (QED) is 0.620. The number of nitrogens with one attached hydrogen (secondary N) is 1. The molecule has 0 amide bonds. The van der Waals surface area contributed by atoms with Gasteiger partial charge in [-0.3, -0.25) is 10.1 Å². The summed E-state index contributed by atoms with van der Waals surface area (Å²) >= 11 is 0. The Morgan fingerprint density at radius 1 is 1.50 bits per heavy atom. The van der Waals surface area contributed by atoms with Crippen LogP contribution in [0.25, 0.3) is 0 Å². The van der Waals surface area contributed by atoms with E-state index in [4.69, 9.17) is 0 Å². The molecule has 1 aromatic heterocycles. The molecule has 0 bridgehead atoms. The number of nitro groups is 1. The van der Waals surface area contributed by atoms with Crippen LogP contribution in [0, 0.1) is 23.0 Å². The van der Waals surface area contributed by atoms with Crippen molar-refractivity contribution in [3.05, 3.63) is 27.9 Å². The Kier molecular flexibility index (Phi) is 5.07. The molecule has 1 N–H and O–H groups in total. The molecule has 1 heterocycles. The van der Waals surface area contributed by atoms with E-state index in [9.17, 15) is 10.1 Å². The highest BCUT2D eigenvalue weighted by molar-refractivity contribution is 5.48. The summed E-state index contributed by atoms with van der Waals surface area (Å²) in [5, 5.41) is 13.9. The van der Waals surface area contributed by atoms with Gasteiger partial charge in [0.05, 0.1) is 4.92 Å². The van der Waals surface area contributed by atoms with Crippen molar-refractivity contribution in [2.75, 3.05) is 5.32 Å². The molecule has 2 atom stereocenters. The second-order valence-electron chi connectivity index (χ2n) is 4.91. The highest BCUT2D eigenvalue weighted by Crippen LogP contribution is 2.20. The van der Waals surface area contributed by atoms with Gasteiger partial charge in [-0.05, 0) is 31.7 Å². The molecule has 0 aliphatic rings. The van der Waals surface area contributed by atoms with Crippen LogP contribution in [-0.2, 0) is 0 Å². The first kappa shape index (κ1) is 14.4. The molecule has 2 unspecified atom stereocenters. The van der Waals surface area contributed by atoms with Gasteiger partial charge in [0.25, 0.3) is 5.69 Å². The lowest BCUT2D eigenvalue weighted by atomic mass is 10.0. The lowest BCUT2D eigenvalue weighted by Gasteiger charge is -2.19. The third kappa shape index (κ3) is 3.98. The molecule has 0 saturated carbocycles. The molecule has 0 aliphatic heterocycles. The summed E-state index contributed by atoms with van der Waals surface area (Å²) in [7, 11) is 0. The molecule has 100 valence electrons. The Morgan fingerprint density at radius 3 is 2.67 bits per heavy atom. The van der Waals surface area contributed by atoms with Gasteiger partial charge >= 0.3 is 0 Å². The molecule has 0 radical (unpaired) electrons. The van der Waals surface area contributed by atoms with Crippen molar-refractivity contribution in [2.45, 2.75) is 46.6 Å². The molecular formula is C13H21N3O2. The van der Waals surface area contributed by atoms with Crippen LogP contribution < -0.4 is 5.32 Å². The number of aromatic nitrogens is 1. The maximum atomic E-state index is 10.6. The molecule has 0 fully saturated rings. The molecule has 1 rings (SSSR count). The summed E-state index contributed by atoms with van der Waals surface area (Å²) < 4.78 is 0. The van der Waals surface area contributed by atoms with Crippen LogP contribution in [0.1, 0.15) is 39.2 Å². The van der Waals surface area contributed by atoms with E-state index in [-0.39, 0.29) is 5.69 Å². The van der Waals surface area contributed by atoms with Crippen molar-refractivity contribution in [2.24, 2.45) is 5.92 Å². The number of pyridine rings is 1. The number of aryl methyl sites for hydroxylation is 1. The zero-order valence-corrected chi connectivity index (χ0v) is 11.4. The Morgan fingerprint density at radius 2 is 2.17 bits per heavy atom. The highest BCUT2D eigenvalue weighted by Gasteiger charge is 2.12. The first-order valence-electron chi connectivity index (χ1n) is 6.31. The molecule has 1 aromatic rings. The van der Waals surface area contributed by atoms with Crippen LogP contribution in [0.4, 0.5) is 11.5 Å². The number of rotatable bonds is 6. The zero-order valence-electron chi connectivity index (χ0n) is 11.4. The highest BCUT2D eigenvalue weighted by atomic mass is 16.6. The van der Waals surface area contributed by atoms with Crippen LogP contribution >= 0.6 is 0 Å². The Labute approximate surface area is 108 Å². The van der Waals surface area contributed by atoms with E-state index < -0.39 is 4.92 Å². The van der Waals surface area contributed by atoms with Gasteiger partial charge in [-0.2, -0.15) is 0 Å². The van der Waals surface area contributed by atoms with Crippen molar-refractivity contribution in [1.29, 1.82) is 0 Å². The molecule has 18 heavy (non-hydrogen) atoms. The maximum Gasteiger partial charge on any atom is 0.287 e. The first-order chi connectivity index (χ1) is 8.43. The van der Waals surface area contributed by atoms with Gasteiger partial charge in [0.1, 0.15) is 12.0 Å². The minimum atomic E-state index is -0.424. The van der Waals surface area contributed by atoms with E-state index in [1.165, 1.54) is 6.20 Å². The molecule has 0 spiro atoms. The van der Waals surface area contributed by atoms with E-state index >= 15 is 0 Å². The molecule has 5 nitrogen and oxygen atoms in total. The lowest BCUT2D eigenvalue weighted by Crippen LogP contribution is -2.19. The molecule has 5 heteroatoms. The minimum absolute atomic E-state index is 0.0348. The van der Waals surface area contributed by atoms with Crippen molar-refractivity contribution in [1.82, 2.24) is 4.98 Å². The van der Waals surface area contributed by atoms with Crippen LogP contribution in [0.3, 0.4) is 0 Å². The summed E-state index contributed by atoms with van der Waals surface area (Å²) in [6.45, 7) is 8.33. The average Bonchev–Trinajstić information content (AvgIpc) is 2.31. The van der Waals surface area contributed by atoms with Crippen molar-refractivity contribution in [3.8, 4) is 0 Å². The lowest BCUT2D eigenvalue weighted by molar-refractivity contribution is -0.385. The Balaban J connectivity index is 2.70. The third-order valence-electron chi connectivity index (χ3n) is 3.11. The second kappa shape index (κ2) is 6.33. The summed E-state index contributed by atoms with van der Waals surface area (Å²) in [5.41, 5.74) is 0.841. The standard InChI is InChI=1S/C13H21N3O2/c1-5-9(2)6-11(4)15-13-10(3)7-12(8-14-13)16(17)18/h7-9,11H,5-6H2,1-4H3,(H,14,15). The summed E-state index contributed by atoms with van der Waals surface area (Å²) in [6, 6.07) is 1.86. The number of anilines is 1. The molecule has 0 aromatic carbocycles. The smallest absolute Gasteiger partial charge is 0.287 e.